The summed E-state index contributed by atoms with van der Waals surface area (Å²) >= 11 is 0. The number of pyridine rings is 1. The van der Waals surface area contributed by atoms with Crippen LogP contribution in [0.1, 0.15) is 85.8 Å². The van der Waals surface area contributed by atoms with Gasteiger partial charge in [-0.1, -0.05) is 54.6 Å². The lowest BCUT2D eigenvalue weighted by molar-refractivity contribution is -0.0724. The number of amides is 2. The van der Waals surface area contributed by atoms with E-state index in [1.165, 1.54) is 36.5 Å². The van der Waals surface area contributed by atoms with Crippen molar-refractivity contribution in [1.82, 2.24) is 25.4 Å². The van der Waals surface area contributed by atoms with Crippen molar-refractivity contribution in [2.45, 2.75) is 75.7 Å². The monoisotopic (exact) mass is 988 g/mol. The molecule has 0 saturated carbocycles. The zero-order valence-electron chi connectivity index (χ0n) is 42.1. The van der Waals surface area contributed by atoms with Gasteiger partial charge in [0.05, 0.1) is 58.7 Å². The van der Waals surface area contributed by atoms with Crippen molar-refractivity contribution in [3.05, 3.63) is 129 Å². The summed E-state index contributed by atoms with van der Waals surface area (Å²) in [6.07, 6.45) is 1.67. The maximum Gasteiger partial charge on any atom is 0.407 e. The summed E-state index contributed by atoms with van der Waals surface area (Å²) < 4.78 is 35.3. The Hall–Kier alpha value is -7.74. The molecule has 2 amide bonds. The Balaban J connectivity index is 0.815. The van der Waals surface area contributed by atoms with Crippen LogP contribution in [0.15, 0.2) is 78.9 Å². The number of carbonyl (C=O) groups is 2. The molecule has 5 atom stereocenters. The Kier molecular flexibility index (Phi) is 13.4. The number of hydrogen-bond donors (Lipinski definition) is 4. The van der Waals surface area contributed by atoms with E-state index < -0.39 is 36.2 Å². The first-order chi connectivity index (χ1) is 35.4. The van der Waals surface area contributed by atoms with Gasteiger partial charge in [0, 0.05) is 69.9 Å². The molecule has 16 nitrogen and oxygen atoms in total. The third-order valence-corrected chi connectivity index (χ3v) is 15.5. The van der Waals surface area contributed by atoms with E-state index in [4.69, 9.17) is 33.4 Å². The van der Waals surface area contributed by atoms with Crippen molar-refractivity contribution >= 4 is 22.9 Å². The number of nitrogens with one attached hydrogen (secondary N) is 2. The fourth-order valence-electron chi connectivity index (χ4n) is 12.3. The van der Waals surface area contributed by atoms with E-state index in [9.17, 15) is 25.1 Å². The van der Waals surface area contributed by atoms with Crippen molar-refractivity contribution < 1.29 is 48.2 Å². The number of phenols is 2. The molecule has 4 heterocycles. The molecule has 3 aliphatic heterocycles. The molecule has 10 rings (SSSR count). The minimum Gasteiger partial charge on any atom is -0.504 e. The lowest BCUT2D eigenvalue weighted by atomic mass is 9.71. The number of fused-ring (bicyclic) bond motifs is 11. The number of benzene rings is 5. The smallest absolute Gasteiger partial charge is 0.407 e. The highest BCUT2D eigenvalue weighted by Gasteiger charge is 2.57. The van der Waals surface area contributed by atoms with Gasteiger partial charge < -0.3 is 49.3 Å². The fourth-order valence-corrected chi connectivity index (χ4v) is 12.3. The van der Waals surface area contributed by atoms with Gasteiger partial charge in [0.25, 0.3) is 5.91 Å². The molecule has 1 aliphatic carbocycles. The van der Waals surface area contributed by atoms with E-state index in [0.717, 1.165) is 10.9 Å². The SMILES string of the molecule is COc1c(C)c(OC)c2c(c1O)[C@@H]1[C@@H]3Cc4c(OC)c(C)c(OC)c(O)c4[C@H](CNC(=O)c4ccc5cc(OCCCCNC(=O)OCC6c7ccccc7-c7ccccc76)ccc5n4)N3[C@@H](C#N)[C@H](C2)N1C. The number of unbranched alkanes of at least 4 members (excludes halogenated alkanes) is 1. The molecule has 0 radical (unpaired) electrons. The largest absolute Gasteiger partial charge is 0.504 e. The number of nitriles is 1. The maximum absolute atomic E-state index is 14.2. The highest BCUT2D eigenvalue weighted by Crippen LogP contribution is 2.59. The van der Waals surface area contributed by atoms with Crippen LogP contribution in [-0.4, -0.2) is 117 Å². The van der Waals surface area contributed by atoms with Crippen molar-refractivity contribution in [2.24, 2.45) is 0 Å². The summed E-state index contributed by atoms with van der Waals surface area (Å²) in [5.74, 6) is 1.81. The van der Waals surface area contributed by atoms with E-state index in [0.29, 0.717) is 95.2 Å². The molecule has 0 unspecified atom stereocenters. The van der Waals surface area contributed by atoms with Gasteiger partial charge in [-0.25, -0.2) is 9.78 Å². The van der Waals surface area contributed by atoms with E-state index >= 15 is 0 Å². The first-order valence-corrected chi connectivity index (χ1v) is 24.7. The molecule has 0 spiro atoms. The number of methoxy groups -OCH3 is 4. The predicted molar refractivity (Wildman–Crippen MR) is 273 cm³/mol. The van der Waals surface area contributed by atoms with Gasteiger partial charge in [0.1, 0.15) is 35.6 Å². The third kappa shape index (κ3) is 8.30. The van der Waals surface area contributed by atoms with E-state index in [1.54, 1.807) is 26.4 Å². The van der Waals surface area contributed by atoms with Crippen LogP contribution >= 0.6 is 0 Å². The highest BCUT2D eigenvalue weighted by molar-refractivity contribution is 5.95. The van der Waals surface area contributed by atoms with Gasteiger partial charge in [0.2, 0.25) is 0 Å². The molecule has 4 N–H and O–H groups in total. The van der Waals surface area contributed by atoms with Crippen LogP contribution in [0.3, 0.4) is 0 Å². The Labute approximate surface area is 424 Å². The zero-order chi connectivity index (χ0) is 51.2. The minimum atomic E-state index is -0.744. The number of likely N-dealkylation sites (N-methyl/N-ethyl adjacent to an activating group) is 1. The second kappa shape index (κ2) is 20.0. The van der Waals surface area contributed by atoms with Gasteiger partial charge in [-0.05, 0) is 93.1 Å². The summed E-state index contributed by atoms with van der Waals surface area (Å²) in [4.78, 5) is 35.8. The quantitative estimate of drug-likeness (QED) is 0.0719. The maximum atomic E-state index is 14.2. The highest BCUT2D eigenvalue weighted by atomic mass is 16.5. The lowest BCUT2D eigenvalue weighted by Crippen LogP contribution is -2.68. The number of nitrogens with zero attached hydrogens (tertiary/aromatic N) is 4. The normalized spacial score (nSPS) is 19.6. The Morgan fingerprint density at radius 2 is 1.38 bits per heavy atom. The molecule has 378 valence electrons. The van der Waals surface area contributed by atoms with Gasteiger partial charge >= 0.3 is 6.09 Å². The molecule has 1 saturated heterocycles. The number of hydrogen-bond acceptors (Lipinski definition) is 14. The van der Waals surface area contributed by atoms with Crippen molar-refractivity contribution in [1.29, 1.82) is 5.26 Å². The number of phenolic OH excluding ortho intramolecular Hbond substituents is 2. The average molecular weight is 989 g/mol. The molecular formula is C57H60N6O10. The molecule has 1 fully saturated rings. The van der Waals surface area contributed by atoms with E-state index in [1.807, 2.05) is 63.4 Å². The first-order valence-electron chi connectivity index (χ1n) is 24.7. The fraction of sp³-hybridized carbons (Fsp3) is 0.368. The topological polar surface area (TPSA) is 197 Å². The van der Waals surface area contributed by atoms with Crippen LogP contribution in [-0.2, 0) is 17.6 Å². The zero-order valence-corrected chi connectivity index (χ0v) is 42.1. The Morgan fingerprint density at radius 3 is 2.03 bits per heavy atom. The molecule has 5 aromatic carbocycles. The summed E-state index contributed by atoms with van der Waals surface area (Å²) in [7, 11) is 8.13. The molecule has 1 aromatic heterocycles. The van der Waals surface area contributed by atoms with Crippen molar-refractivity contribution in [2.75, 3.05) is 61.8 Å². The number of rotatable bonds is 15. The number of carbonyl (C=O) groups excluding carboxylic acids is 2. The number of alkyl carbamates (subject to hydrolysis) is 1. The van der Waals surface area contributed by atoms with Gasteiger partial charge in [-0.3, -0.25) is 14.6 Å². The molecule has 16 heteroatoms. The van der Waals surface area contributed by atoms with Gasteiger partial charge in [-0.15, -0.1) is 0 Å². The van der Waals surface area contributed by atoms with Crippen molar-refractivity contribution in [3.63, 3.8) is 0 Å². The predicted octanol–water partition coefficient (Wildman–Crippen LogP) is 8.20. The second-order valence-electron chi connectivity index (χ2n) is 19.1. The van der Waals surface area contributed by atoms with Crippen molar-refractivity contribution in [3.8, 4) is 57.4 Å². The van der Waals surface area contributed by atoms with Crippen LogP contribution in [0, 0.1) is 25.2 Å². The number of piperazine rings is 1. The van der Waals surface area contributed by atoms with Crippen LogP contribution < -0.4 is 34.3 Å². The van der Waals surface area contributed by atoms with Crippen LogP contribution in [0.5, 0.6) is 40.2 Å². The average Bonchev–Trinajstić information content (AvgIpc) is 3.72. The van der Waals surface area contributed by atoms with Gasteiger partial charge in [-0.2, -0.15) is 5.26 Å². The molecule has 6 aromatic rings. The van der Waals surface area contributed by atoms with E-state index in [-0.39, 0.29) is 48.1 Å². The molecule has 2 bridgehead atoms. The summed E-state index contributed by atoms with van der Waals surface area (Å²) in [6.45, 7) is 4.79. The van der Waals surface area contributed by atoms with E-state index in [2.05, 4.69) is 50.8 Å². The molecular weight excluding hydrogens is 929 g/mol. The minimum absolute atomic E-state index is 0.000552. The third-order valence-electron chi connectivity index (χ3n) is 15.5. The molecule has 4 aliphatic rings. The number of aromatic hydroxyl groups is 2. The summed E-state index contributed by atoms with van der Waals surface area (Å²) in [5, 5.41) is 41.9. The summed E-state index contributed by atoms with van der Waals surface area (Å²) in [5.41, 5.74) is 9.43. The second-order valence-corrected chi connectivity index (χ2v) is 19.1. The molecule has 73 heavy (non-hydrogen) atoms. The lowest BCUT2D eigenvalue weighted by Gasteiger charge is -2.60. The standard InChI is InChI=1S/C57H60N6O10/c1-30-52(68-4)38-26-44-49-48-39(53(69-5)31(2)55(71-7)51(48)65)25-43(62(49)3)45(27-58)63(44)46(47(38)50(64)54(30)70-6)28-60-56(66)42-20-18-32-24-33(19-21-41(32)61-42)72-23-13-12-22-59-57(67)73-29-40-36-16-10-8-14-34(36)35-15-9-11-17-37(35)40/h8-11,14-21,24,40,43-46,49,64-65H,12-13,22-23,25-26,28-29H2,1-7H3,(H,59,67)(H,60,66)/t43-,44-,45-,46-,49-/m0/s1. The Morgan fingerprint density at radius 1 is 0.767 bits per heavy atom. The number of aromatic nitrogens is 1. The van der Waals surface area contributed by atoms with Gasteiger partial charge in [0.15, 0.2) is 23.0 Å². The van der Waals surface area contributed by atoms with Crippen LogP contribution in [0.25, 0.3) is 22.0 Å². The summed E-state index contributed by atoms with van der Waals surface area (Å²) in [6, 6.07) is 25.3. The Bertz CT molecular complexity index is 3150. The number of ether oxygens (including phenoxy) is 6. The van der Waals surface area contributed by atoms with Crippen LogP contribution in [0.2, 0.25) is 0 Å². The first kappa shape index (κ1) is 48.9. The van der Waals surface area contributed by atoms with Crippen LogP contribution in [0.4, 0.5) is 4.79 Å².